The number of hydrogen-bond acceptors (Lipinski definition) is 3. The van der Waals surface area contributed by atoms with Crippen LogP contribution in [0.25, 0.3) is 0 Å². The van der Waals surface area contributed by atoms with Crippen LogP contribution < -0.4 is 10.6 Å². The number of rotatable bonds is 3. The first-order valence-corrected chi connectivity index (χ1v) is 8.56. The van der Waals surface area contributed by atoms with Crippen molar-refractivity contribution in [1.82, 2.24) is 5.32 Å². The molecular formula is C19H30N2O2. The van der Waals surface area contributed by atoms with Crippen molar-refractivity contribution in [3.63, 3.8) is 0 Å². The van der Waals surface area contributed by atoms with E-state index in [1.807, 2.05) is 20.8 Å². The van der Waals surface area contributed by atoms with Gasteiger partial charge in [-0.05, 0) is 71.9 Å². The van der Waals surface area contributed by atoms with Crippen LogP contribution in [0.5, 0.6) is 0 Å². The highest BCUT2D eigenvalue weighted by atomic mass is 16.6. The van der Waals surface area contributed by atoms with Crippen LogP contribution in [0, 0.1) is 13.8 Å². The topological polar surface area (TPSA) is 50.4 Å². The van der Waals surface area contributed by atoms with E-state index in [1.165, 1.54) is 16.8 Å². The molecule has 1 amide bonds. The molecule has 2 unspecified atom stereocenters. The molecule has 1 aromatic rings. The zero-order valence-electron chi connectivity index (χ0n) is 15.0. The lowest BCUT2D eigenvalue weighted by atomic mass is 9.90. The third-order valence-electron chi connectivity index (χ3n) is 4.14. The highest BCUT2D eigenvalue weighted by Gasteiger charge is 2.25. The zero-order chi connectivity index (χ0) is 17.0. The zero-order valence-corrected chi connectivity index (χ0v) is 15.0. The number of carbonyl (C=O) groups excluding carboxylic acids is 1. The van der Waals surface area contributed by atoms with Gasteiger partial charge in [-0.2, -0.15) is 0 Å². The average molecular weight is 318 g/mol. The molecule has 0 heterocycles. The summed E-state index contributed by atoms with van der Waals surface area (Å²) >= 11 is 0. The van der Waals surface area contributed by atoms with Crippen molar-refractivity contribution < 1.29 is 9.53 Å². The molecule has 0 bridgehead atoms. The third kappa shape index (κ3) is 5.77. The Balaban J connectivity index is 1.89. The first kappa shape index (κ1) is 17.6. The molecule has 1 aliphatic rings. The van der Waals surface area contributed by atoms with Crippen LogP contribution in [0.4, 0.5) is 10.5 Å². The number of hydrogen-bond donors (Lipinski definition) is 2. The van der Waals surface area contributed by atoms with Crippen LogP contribution in [0.15, 0.2) is 18.2 Å². The number of carbonyl (C=O) groups is 1. The van der Waals surface area contributed by atoms with Crippen LogP contribution in [-0.4, -0.2) is 23.8 Å². The maximum absolute atomic E-state index is 11.9. The molecule has 23 heavy (non-hydrogen) atoms. The first-order chi connectivity index (χ1) is 10.7. The second-order valence-electron chi connectivity index (χ2n) is 7.67. The van der Waals surface area contributed by atoms with E-state index < -0.39 is 5.60 Å². The molecule has 4 nitrogen and oxygen atoms in total. The molecule has 2 atom stereocenters. The van der Waals surface area contributed by atoms with Gasteiger partial charge in [-0.25, -0.2) is 4.79 Å². The standard InChI is InChI=1S/C19H30N2O2/c1-13-9-10-17(14(2)11-13)20-15-7-6-8-16(12-15)21-18(22)23-19(3,4)5/h9-11,15-16,20H,6-8,12H2,1-5H3,(H,21,22). The number of ether oxygens (including phenoxy) is 1. The Morgan fingerprint density at radius 2 is 1.87 bits per heavy atom. The summed E-state index contributed by atoms with van der Waals surface area (Å²) in [6, 6.07) is 7.05. The van der Waals surface area contributed by atoms with Crippen LogP contribution in [0.3, 0.4) is 0 Å². The maximum Gasteiger partial charge on any atom is 0.407 e. The summed E-state index contributed by atoms with van der Waals surface area (Å²) in [6.07, 6.45) is 3.90. The van der Waals surface area contributed by atoms with Gasteiger partial charge < -0.3 is 15.4 Å². The molecule has 1 saturated carbocycles. The fourth-order valence-corrected chi connectivity index (χ4v) is 3.12. The average Bonchev–Trinajstić information content (AvgIpc) is 2.40. The van der Waals surface area contributed by atoms with E-state index in [0.717, 1.165) is 25.7 Å². The predicted molar refractivity (Wildman–Crippen MR) is 95.0 cm³/mol. The van der Waals surface area contributed by atoms with Crippen molar-refractivity contribution in [2.75, 3.05) is 5.32 Å². The molecule has 1 aliphatic carbocycles. The summed E-state index contributed by atoms with van der Waals surface area (Å²) in [7, 11) is 0. The minimum Gasteiger partial charge on any atom is -0.444 e. The van der Waals surface area contributed by atoms with Gasteiger partial charge in [0.1, 0.15) is 5.60 Å². The molecule has 1 aromatic carbocycles. The van der Waals surface area contributed by atoms with E-state index in [9.17, 15) is 4.79 Å². The largest absolute Gasteiger partial charge is 0.444 e. The van der Waals surface area contributed by atoms with Gasteiger partial charge in [-0.3, -0.25) is 0 Å². The van der Waals surface area contributed by atoms with E-state index in [0.29, 0.717) is 6.04 Å². The van der Waals surface area contributed by atoms with E-state index in [2.05, 4.69) is 42.7 Å². The predicted octanol–water partition coefficient (Wildman–Crippen LogP) is 4.55. The Morgan fingerprint density at radius 3 is 2.52 bits per heavy atom. The number of amides is 1. The van der Waals surface area contributed by atoms with E-state index in [1.54, 1.807) is 0 Å². The van der Waals surface area contributed by atoms with Crippen LogP contribution in [0.1, 0.15) is 57.6 Å². The SMILES string of the molecule is Cc1ccc(NC2CCCC(NC(=O)OC(C)(C)C)C2)c(C)c1. The normalized spacial score (nSPS) is 21.6. The van der Waals surface area contributed by atoms with Crippen molar-refractivity contribution in [2.45, 2.75) is 78.0 Å². The van der Waals surface area contributed by atoms with Gasteiger partial charge in [0.15, 0.2) is 0 Å². The van der Waals surface area contributed by atoms with Gasteiger partial charge in [0, 0.05) is 17.8 Å². The lowest BCUT2D eigenvalue weighted by Gasteiger charge is -2.32. The summed E-state index contributed by atoms with van der Waals surface area (Å²) < 4.78 is 5.36. The second kappa shape index (κ2) is 7.24. The number of alkyl carbamates (subject to hydrolysis) is 1. The van der Waals surface area contributed by atoms with Gasteiger partial charge >= 0.3 is 6.09 Å². The molecule has 0 spiro atoms. The highest BCUT2D eigenvalue weighted by molar-refractivity contribution is 5.68. The Labute approximate surface area is 140 Å². The molecule has 4 heteroatoms. The number of benzene rings is 1. The maximum atomic E-state index is 11.9. The van der Waals surface area contributed by atoms with Gasteiger partial charge in [0.05, 0.1) is 0 Å². The molecule has 0 radical (unpaired) electrons. The van der Waals surface area contributed by atoms with Gasteiger partial charge in [0.2, 0.25) is 0 Å². The van der Waals surface area contributed by atoms with Crippen molar-refractivity contribution in [2.24, 2.45) is 0 Å². The lowest BCUT2D eigenvalue weighted by Crippen LogP contribution is -2.43. The van der Waals surface area contributed by atoms with Crippen molar-refractivity contribution in [1.29, 1.82) is 0 Å². The number of aryl methyl sites for hydroxylation is 2. The van der Waals surface area contributed by atoms with E-state index in [4.69, 9.17) is 4.74 Å². The Morgan fingerprint density at radius 1 is 1.17 bits per heavy atom. The molecule has 0 aromatic heterocycles. The summed E-state index contributed by atoms with van der Waals surface area (Å²) in [5.41, 5.74) is 3.29. The highest BCUT2D eigenvalue weighted by Crippen LogP contribution is 2.25. The van der Waals surface area contributed by atoms with Gasteiger partial charge in [-0.1, -0.05) is 17.7 Å². The Kier molecular flexibility index (Phi) is 5.55. The van der Waals surface area contributed by atoms with Crippen molar-refractivity contribution >= 4 is 11.8 Å². The van der Waals surface area contributed by atoms with Crippen molar-refractivity contribution in [3.8, 4) is 0 Å². The molecule has 2 N–H and O–H groups in total. The second-order valence-corrected chi connectivity index (χ2v) is 7.67. The fourth-order valence-electron chi connectivity index (χ4n) is 3.12. The monoisotopic (exact) mass is 318 g/mol. The minimum atomic E-state index is -0.449. The Hall–Kier alpha value is -1.71. The summed E-state index contributed by atoms with van der Waals surface area (Å²) in [6.45, 7) is 9.90. The molecule has 0 saturated heterocycles. The van der Waals surface area contributed by atoms with Gasteiger partial charge in [-0.15, -0.1) is 0 Å². The molecule has 1 fully saturated rings. The first-order valence-electron chi connectivity index (χ1n) is 8.56. The third-order valence-corrected chi connectivity index (χ3v) is 4.14. The molecule has 0 aliphatic heterocycles. The lowest BCUT2D eigenvalue weighted by molar-refractivity contribution is 0.0492. The van der Waals surface area contributed by atoms with E-state index in [-0.39, 0.29) is 12.1 Å². The van der Waals surface area contributed by atoms with Crippen LogP contribution in [-0.2, 0) is 4.74 Å². The van der Waals surface area contributed by atoms with Gasteiger partial charge in [0.25, 0.3) is 0 Å². The molecule has 128 valence electrons. The number of nitrogens with one attached hydrogen (secondary N) is 2. The van der Waals surface area contributed by atoms with Crippen molar-refractivity contribution in [3.05, 3.63) is 29.3 Å². The molecular weight excluding hydrogens is 288 g/mol. The van der Waals surface area contributed by atoms with E-state index >= 15 is 0 Å². The number of anilines is 1. The summed E-state index contributed by atoms with van der Waals surface area (Å²) in [5, 5.41) is 6.65. The van der Waals surface area contributed by atoms with Crippen LogP contribution >= 0.6 is 0 Å². The Bertz CT molecular complexity index is 549. The quantitative estimate of drug-likeness (QED) is 0.859. The smallest absolute Gasteiger partial charge is 0.407 e. The fraction of sp³-hybridized carbons (Fsp3) is 0.632. The summed E-state index contributed by atoms with van der Waals surface area (Å²) in [5.74, 6) is 0. The summed E-state index contributed by atoms with van der Waals surface area (Å²) in [4.78, 5) is 11.9. The molecule has 2 rings (SSSR count). The minimum absolute atomic E-state index is 0.182. The van der Waals surface area contributed by atoms with Crippen LogP contribution in [0.2, 0.25) is 0 Å².